The lowest BCUT2D eigenvalue weighted by molar-refractivity contribution is -0.133. The Labute approximate surface area is 130 Å². The van der Waals surface area contributed by atoms with Gasteiger partial charge in [0.1, 0.15) is 4.70 Å². The van der Waals surface area contributed by atoms with E-state index in [0.717, 1.165) is 24.9 Å². The average molecular weight is 327 g/mol. The highest BCUT2D eigenvalue weighted by Crippen LogP contribution is 2.20. The standard InChI is InChI=1S/C13H17N3O3S2/c1-3-15(2)5-6-16-12(19)11-9(4-7-20-11)14-13(16)21-8-10(17)18/h4,7H,3,5-6,8H2,1-2H3,(H,17,18). The Kier molecular flexibility index (Phi) is 5.38. The molecule has 2 aromatic heterocycles. The smallest absolute Gasteiger partial charge is 0.313 e. The zero-order chi connectivity index (χ0) is 15.4. The van der Waals surface area contributed by atoms with Crippen LogP contribution in [0.15, 0.2) is 21.4 Å². The first-order valence-electron chi connectivity index (χ1n) is 6.54. The molecule has 0 aromatic carbocycles. The van der Waals surface area contributed by atoms with E-state index in [1.807, 2.05) is 19.4 Å². The van der Waals surface area contributed by atoms with Crippen molar-refractivity contribution < 1.29 is 9.90 Å². The van der Waals surface area contributed by atoms with Crippen LogP contribution < -0.4 is 5.56 Å². The Morgan fingerprint density at radius 2 is 2.33 bits per heavy atom. The summed E-state index contributed by atoms with van der Waals surface area (Å²) < 4.78 is 2.20. The highest BCUT2D eigenvalue weighted by atomic mass is 32.2. The summed E-state index contributed by atoms with van der Waals surface area (Å²) in [5, 5.41) is 11.1. The van der Waals surface area contributed by atoms with E-state index in [-0.39, 0.29) is 11.3 Å². The van der Waals surface area contributed by atoms with Gasteiger partial charge >= 0.3 is 5.97 Å². The van der Waals surface area contributed by atoms with Crippen molar-refractivity contribution in [3.63, 3.8) is 0 Å². The fraction of sp³-hybridized carbons (Fsp3) is 0.462. The molecule has 0 amide bonds. The molecule has 0 saturated carbocycles. The third kappa shape index (κ3) is 3.84. The Bertz CT molecular complexity index is 696. The molecular formula is C13H17N3O3S2. The summed E-state index contributed by atoms with van der Waals surface area (Å²) in [6, 6.07) is 1.79. The van der Waals surface area contributed by atoms with Crippen molar-refractivity contribution in [2.45, 2.75) is 18.6 Å². The second kappa shape index (κ2) is 7.06. The van der Waals surface area contributed by atoms with Gasteiger partial charge in [-0.1, -0.05) is 18.7 Å². The number of thioether (sulfide) groups is 1. The molecule has 2 rings (SSSR count). The van der Waals surface area contributed by atoms with Gasteiger partial charge in [-0.15, -0.1) is 11.3 Å². The zero-order valence-corrected chi connectivity index (χ0v) is 13.5. The molecule has 0 radical (unpaired) electrons. The van der Waals surface area contributed by atoms with Crippen LogP contribution in [0.25, 0.3) is 10.2 Å². The molecule has 8 heteroatoms. The Morgan fingerprint density at radius 1 is 1.57 bits per heavy atom. The van der Waals surface area contributed by atoms with Gasteiger partial charge in [-0.3, -0.25) is 14.2 Å². The number of carboxylic acid groups (broad SMARTS) is 1. The van der Waals surface area contributed by atoms with Crippen molar-refractivity contribution in [3.05, 3.63) is 21.8 Å². The third-order valence-corrected chi connectivity index (χ3v) is 4.95. The minimum Gasteiger partial charge on any atom is -0.481 e. The lowest BCUT2D eigenvalue weighted by Gasteiger charge is -2.16. The molecule has 0 aliphatic rings. The number of hydrogen-bond acceptors (Lipinski definition) is 6. The second-order valence-electron chi connectivity index (χ2n) is 4.56. The first-order chi connectivity index (χ1) is 10.0. The van der Waals surface area contributed by atoms with Crippen LogP contribution in [0.5, 0.6) is 0 Å². The number of carboxylic acids is 1. The summed E-state index contributed by atoms with van der Waals surface area (Å²) in [5.74, 6) is -1.03. The van der Waals surface area contributed by atoms with Crippen LogP contribution in [-0.2, 0) is 11.3 Å². The molecule has 0 spiro atoms. The van der Waals surface area contributed by atoms with Crippen LogP contribution in [0.3, 0.4) is 0 Å². The van der Waals surface area contributed by atoms with Crippen molar-refractivity contribution in [2.24, 2.45) is 0 Å². The van der Waals surface area contributed by atoms with Gasteiger partial charge in [-0.25, -0.2) is 4.98 Å². The second-order valence-corrected chi connectivity index (χ2v) is 6.42. The maximum absolute atomic E-state index is 12.5. The molecule has 0 aliphatic carbocycles. The molecule has 6 nitrogen and oxygen atoms in total. The van der Waals surface area contributed by atoms with Crippen LogP contribution in [0.2, 0.25) is 0 Å². The van der Waals surface area contributed by atoms with Gasteiger partial charge in [0.15, 0.2) is 5.16 Å². The SMILES string of the molecule is CCN(C)CCn1c(SCC(=O)O)nc2ccsc2c1=O. The fourth-order valence-corrected chi connectivity index (χ4v) is 3.31. The first kappa shape index (κ1) is 16.0. The topological polar surface area (TPSA) is 75.4 Å². The maximum Gasteiger partial charge on any atom is 0.313 e. The normalized spacial score (nSPS) is 11.4. The van der Waals surface area contributed by atoms with Crippen LogP contribution >= 0.6 is 23.1 Å². The Hall–Kier alpha value is -1.38. The van der Waals surface area contributed by atoms with E-state index in [0.29, 0.717) is 21.9 Å². The summed E-state index contributed by atoms with van der Waals surface area (Å²) in [7, 11) is 1.98. The van der Waals surface area contributed by atoms with Gasteiger partial charge in [0.25, 0.3) is 5.56 Å². The molecule has 0 aliphatic heterocycles. The maximum atomic E-state index is 12.5. The molecule has 0 atom stereocenters. The number of rotatable bonds is 7. The number of thiophene rings is 1. The van der Waals surface area contributed by atoms with Crippen molar-refractivity contribution in [2.75, 3.05) is 25.9 Å². The number of hydrogen-bond donors (Lipinski definition) is 1. The van der Waals surface area contributed by atoms with E-state index in [1.54, 1.807) is 10.6 Å². The van der Waals surface area contributed by atoms with Crippen LogP contribution in [-0.4, -0.2) is 51.4 Å². The van der Waals surface area contributed by atoms with Crippen molar-refractivity contribution in [1.82, 2.24) is 14.5 Å². The van der Waals surface area contributed by atoms with E-state index in [2.05, 4.69) is 9.88 Å². The largest absolute Gasteiger partial charge is 0.481 e. The van der Waals surface area contributed by atoms with Crippen LogP contribution in [0.1, 0.15) is 6.92 Å². The fourth-order valence-electron chi connectivity index (χ4n) is 1.79. The minimum absolute atomic E-state index is 0.0904. The van der Waals surface area contributed by atoms with Gasteiger partial charge in [-0.2, -0.15) is 0 Å². The van der Waals surface area contributed by atoms with Crippen LogP contribution in [0.4, 0.5) is 0 Å². The third-order valence-electron chi connectivity index (χ3n) is 3.10. The summed E-state index contributed by atoms with van der Waals surface area (Å²) in [4.78, 5) is 29.8. The molecule has 0 fully saturated rings. The molecule has 2 aromatic rings. The average Bonchev–Trinajstić information content (AvgIpc) is 2.92. The number of aromatic nitrogens is 2. The predicted molar refractivity (Wildman–Crippen MR) is 85.4 cm³/mol. The molecule has 21 heavy (non-hydrogen) atoms. The van der Waals surface area contributed by atoms with E-state index in [9.17, 15) is 9.59 Å². The van der Waals surface area contributed by atoms with E-state index < -0.39 is 5.97 Å². The first-order valence-corrected chi connectivity index (χ1v) is 8.40. The van der Waals surface area contributed by atoms with Gasteiger partial charge in [-0.05, 0) is 25.0 Å². The van der Waals surface area contributed by atoms with Gasteiger partial charge in [0.2, 0.25) is 0 Å². The van der Waals surface area contributed by atoms with Gasteiger partial charge < -0.3 is 10.0 Å². The van der Waals surface area contributed by atoms with E-state index in [4.69, 9.17) is 5.11 Å². The highest BCUT2D eigenvalue weighted by molar-refractivity contribution is 7.99. The molecule has 0 bridgehead atoms. The zero-order valence-electron chi connectivity index (χ0n) is 11.9. The molecule has 0 saturated heterocycles. The summed E-state index contributed by atoms with van der Waals surface area (Å²) >= 11 is 2.45. The molecule has 114 valence electrons. The number of fused-ring (bicyclic) bond motifs is 1. The van der Waals surface area contributed by atoms with E-state index in [1.165, 1.54) is 11.3 Å². The van der Waals surface area contributed by atoms with Crippen molar-refractivity contribution in [3.8, 4) is 0 Å². The summed E-state index contributed by atoms with van der Waals surface area (Å²) in [6.07, 6.45) is 0. The lowest BCUT2D eigenvalue weighted by Crippen LogP contribution is -2.30. The van der Waals surface area contributed by atoms with Gasteiger partial charge in [0, 0.05) is 13.1 Å². The summed E-state index contributed by atoms with van der Waals surface area (Å²) in [5.41, 5.74) is 0.547. The predicted octanol–water partition coefficient (Wildman–Crippen LogP) is 1.59. The van der Waals surface area contributed by atoms with E-state index >= 15 is 0 Å². The van der Waals surface area contributed by atoms with Crippen LogP contribution in [0, 0.1) is 0 Å². The molecule has 1 N–H and O–H groups in total. The number of nitrogens with zero attached hydrogens (tertiary/aromatic N) is 3. The van der Waals surface area contributed by atoms with Gasteiger partial charge in [0.05, 0.1) is 11.3 Å². The quantitative estimate of drug-likeness (QED) is 0.615. The molecule has 2 heterocycles. The number of aliphatic carboxylic acids is 1. The summed E-state index contributed by atoms with van der Waals surface area (Å²) in [6.45, 7) is 4.16. The lowest BCUT2D eigenvalue weighted by atomic mass is 10.4. The number of likely N-dealkylation sites (N-methyl/N-ethyl adjacent to an activating group) is 1. The monoisotopic (exact) mass is 327 g/mol. The Morgan fingerprint density at radius 3 is 3.00 bits per heavy atom. The minimum atomic E-state index is -0.920. The Balaban J connectivity index is 2.37. The number of carbonyl (C=O) groups is 1. The molecule has 0 unspecified atom stereocenters. The molecular weight excluding hydrogens is 310 g/mol. The van der Waals surface area contributed by atoms with Crippen molar-refractivity contribution in [1.29, 1.82) is 0 Å². The highest BCUT2D eigenvalue weighted by Gasteiger charge is 2.14. The van der Waals surface area contributed by atoms with Crippen molar-refractivity contribution >= 4 is 39.3 Å².